The van der Waals surface area contributed by atoms with Gasteiger partial charge in [0.1, 0.15) is 8.07 Å². The molecule has 0 nitrogen and oxygen atoms in total. The van der Waals surface area contributed by atoms with E-state index in [2.05, 4.69) is 47.0 Å². The molecule has 0 aliphatic rings. The van der Waals surface area contributed by atoms with E-state index in [9.17, 15) is 0 Å². The number of alkyl halides is 1. The summed E-state index contributed by atoms with van der Waals surface area (Å²) in [6, 6.07) is 0. The lowest BCUT2D eigenvalue weighted by molar-refractivity contribution is 0.616. The van der Waals surface area contributed by atoms with Crippen LogP contribution in [0.4, 0.5) is 0 Å². The van der Waals surface area contributed by atoms with Crippen molar-refractivity contribution in [3.8, 4) is 11.5 Å². The minimum Gasteiger partial charge on any atom is -0.132 e. The number of hydrogen-bond acceptors (Lipinski definition) is 0. The molecule has 0 atom stereocenters. The Balaban J connectivity index is 3.21. The Morgan fingerprint density at radius 3 is 1.93 bits per heavy atom. The molecule has 0 rings (SSSR count). The molecular weight excluding hydrogens is 264 g/mol. The van der Waals surface area contributed by atoms with Gasteiger partial charge in [-0.25, -0.2) is 0 Å². The van der Waals surface area contributed by atoms with Crippen LogP contribution in [-0.4, -0.2) is 13.4 Å². The first kappa shape index (κ1) is 15.3. The van der Waals surface area contributed by atoms with Gasteiger partial charge in [0, 0.05) is 11.8 Å². The largest absolute Gasteiger partial charge is 0.132 e. The predicted octanol–water partition coefficient (Wildman–Crippen LogP) is 4.99. The Kier molecular flexibility index (Phi) is 9.64. The first-order valence-electron chi connectivity index (χ1n) is 6.12. The molecule has 0 saturated carbocycles. The molecule has 0 radical (unpaired) electrons. The van der Waals surface area contributed by atoms with E-state index in [1.165, 1.54) is 38.5 Å². The molecule has 0 aromatic rings. The van der Waals surface area contributed by atoms with Crippen molar-refractivity contribution < 1.29 is 0 Å². The highest BCUT2D eigenvalue weighted by atomic mass is 79.9. The Bertz CT molecular complexity index is 195. The van der Waals surface area contributed by atoms with E-state index < -0.39 is 8.07 Å². The number of unbranched alkanes of at least 4 members (excludes halogenated alkanes) is 6. The Morgan fingerprint density at radius 1 is 0.867 bits per heavy atom. The quantitative estimate of drug-likeness (QED) is 0.268. The zero-order chi connectivity index (χ0) is 11.6. The van der Waals surface area contributed by atoms with Crippen molar-refractivity contribution in [3.05, 3.63) is 0 Å². The van der Waals surface area contributed by atoms with Crippen molar-refractivity contribution in [3.63, 3.8) is 0 Å². The third-order valence-corrected chi connectivity index (χ3v) is 3.64. The maximum atomic E-state index is 3.46. The molecule has 0 saturated heterocycles. The first-order valence-corrected chi connectivity index (χ1v) is 10.7. The molecule has 0 bridgehead atoms. The van der Waals surface area contributed by atoms with Gasteiger partial charge >= 0.3 is 0 Å². The van der Waals surface area contributed by atoms with E-state index in [0.717, 1.165) is 11.8 Å². The normalized spacial score (nSPS) is 10.9. The van der Waals surface area contributed by atoms with Crippen molar-refractivity contribution in [1.82, 2.24) is 0 Å². The van der Waals surface area contributed by atoms with Crippen LogP contribution in [-0.2, 0) is 0 Å². The average molecular weight is 289 g/mol. The summed E-state index contributed by atoms with van der Waals surface area (Å²) in [5.74, 6) is 3.33. The zero-order valence-corrected chi connectivity index (χ0v) is 13.1. The van der Waals surface area contributed by atoms with Gasteiger partial charge in [-0.1, -0.05) is 61.3 Å². The van der Waals surface area contributed by atoms with E-state index in [4.69, 9.17) is 0 Å². The lowest BCUT2D eigenvalue weighted by Gasteiger charge is -2.03. The maximum absolute atomic E-state index is 3.46. The molecule has 0 spiro atoms. The summed E-state index contributed by atoms with van der Waals surface area (Å²) < 4.78 is 0. The van der Waals surface area contributed by atoms with Gasteiger partial charge in [-0.3, -0.25) is 0 Å². The van der Waals surface area contributed by atoms with E-state index in [0.29, 0.717) is 0 Å². The van der Waals surface area contributed by atoms with Gasteiger partial charge in [-0.15, -0.1) is 11.5 Å². The molecular formula is C13H25BrSi. The fourth-order valence-electron chi connectivity index (χ4n) is 1.34. The van der Waals surface area contributed by atoms with Crippen LogP contribution in [0.15, 0.2) is 0 Å². The van der Waals surface area contributed by atoms with Gasteiger partial charge in [-0.2, -0.15) is 0 Å². The standard InChI is InChI=1S/C13H25BrSi/c1-15(2,3)13-11-9-7-5-4-6-8-10-12-14/h4-10,12H2,1-3H3. The third kappa shape index (κ3) is 14.3. The molecule has 2 heteroatoms. The van der Waals surface area contributed by atoms with Gasteiger partial charge < -0.3 is 0 Å². The average Bonchev–Trinajstić information content (AvgIpc) is 2.14. The Hall–Kier alpha value is 0.257. The molecule has 0 aliphatic heterocycles. The summed E-state index contributed by atoms with van der Waals surface area (Å²) >= 11 is 3.46. The summed E-state index contributed by atoms with van der Waals surface area (Å²) in [5.41, 5.74) is 3.42. The fraction of sp³-hybridized carbons (Fsp3) is 0.846. The smallest absolute Gasteiger partial charge is 0.129 e. The third-order valence-electron chi connectivity index (χ3n) is 2.15. The predicted molar refractivity (Wildman–Crippen MR) is 77.2 cm³/mol. The minimum absolute atomic E-state index is 1.11. The summed E-state index contributed by atoms with van der Waals surface area (Å²) in [7, 11) is -1.11. The van der Waals surface area contributed by atoms with Crippen molar-refractivity contribution in [2.24, 2.45) is 0 Å². The number of rotatable bonds is 7. The zero-order valence-electron chi connectivity index (χ0n) is 10.5. The minimum atomic E-state index is -1.11. The Labute approximate surface area is 105 Å². The molecule has 0 heterocycles. The van der Waals surface area contributed by atoms with Gasteiger partial charge in [0.25, 0.3) is 0 Å². The van der Waals surface area contributed by atoms with Crippen LogP contribution in [0.25, 0.3) is 0 Å². The van der Waals surface area contributed by atoms with Crippen LogP contribution in [0.1, 0.15) is 44.9 Å². The molecule has 0 amide bonds. The van der Waals surface area contributed by atoms with Crippen LogP contribution in [0.2, 0.25) is 19.6 Å². The van der Waals surface area contributed by atoms with Crippen molar-refractivity contribution in [2.45, 2.75) is 64.6 Å². The highest BCUT2D eigenvalue weighted by molar-refractivity contribution is 9.09. The molecule has 0 fully saturated rings. The second kappa shape index (κ2) is 9.48. The van der Waals surface area contributed by atoms with Crippen molar-refractivity contribution >= 4 is 24.0 Å². The maximum Gasteiger partial charge on any atom is 0.129 e. The molecule has 0 aromatic heterocycles. The molecule has 88 valence electrons. The Morgan fingerprint density at radius 2 is 1.40 bits per heavy atom. The SMILES string of the molecule is C[Si](C)(C)C#CCCCCCCCCBr. The second-order valence-corrected chi connectivity index (χ2v) is 10.7. The van der Waals surface area contributed by atoms with Crippen LogP contribution in [0.3, 0.4) is 0 Å². The number of hydrogen-bond donors (Lipinski definition) is 0. The lowest BCUT2D eigenvalue weighted by Crippen LogP contribution is -2.16. The summed E-state index contributed by atoms with van der Waals surface area (Å²) in [6.07, 6.45) is 9.27. The van der Waals surface area contributed by atoms with E-state index in [1.54, 1.807) is 0 Å². The monoisotopic (exact) mass is 288 g/mol. The molecule has 0 aromatic carbocycles. The van der Waals surface area contributed by atoms with Crippen LogP contribution >= 0.6 is 15.9 Å². The topological polar surface area (TPSA) is 0 Å². The van der Waals surface area contributed by atoms with Crippen LogP contribution in [0, 0.1) is 11.5 Å². The lowest BCUT2D eigenvalue weighted by atomic mass is 10.1. The molecule has 0 unspecified atom stereocenters. The summed E-state index contributed by atoms with van der Waals surface area (Å²) in [4.78, 5) is 0. The van der Waals surface area contributed by atoms with E-state index >= 15 is 0 Å². The van der Waals surface area contributed by atoms with E-state index in [-0.39, 0.29) is 0 Å². The summed E-state index contributed by atoms with van der Waals surface area (Å²) in [6.45, 7) is 6.92. The molecule has 0 aliphatic carbocycles. The van der Waals surface area contributed by atoms with Crippen molar-refractivity contribution in [1.29, 1.82) is 0 Å². The van der Waals surface area contributed by atoms with E-state index in [1.807, 2.05) is 0 Å². The first-order chi connectivity index (χ1) is 7.06. The van der Waals surface area contributed by atoms with Gasteiger partial charge in [0.15, 0.2) is 0 Å². The molecule has 15 heavy (non-hydrogen) atoms. The highest BCUT2D eigenvalue weighted by Gasteiger charge is 2.06. The van der Waals surface area contributed by atoms with Crippen LogP contribution < -0.4 is 0 Å². The number of halogens is 1. The van der Waals surface area contributed by atoms with Gasteiger partial charge in [0.2, 0.25) is 0 Å². The van der Waals surface area contributed by atoms with Gasteiger partial charge in [0.05, 0.1) is 0 Å². The summed E-state index contributed by atoms with van der Waals surface area (Å²) in [5, 5.41) is 1.16. The van der Waals surface area contributed by atoms with Crippen LogP contribution in [0.5, 0.6) is 0 Å². The highest BCUT2D eigenvalue weighted by Crippen LogP contribution is 2.07. The molecule has 0 N–H and O–H groups in total. The second-order valence-electron chi connectivity index (χ2n) is 5.11. The fourth-order valence-corrected chi connectivity index (χ4v) is 2.39. The van der Waals surface area contributed by atoms with Crippen molar-refractivity contribution in [2.75, 3.05) is 5.33 Å². The van der Waals surface area contributed by atoms with Gasteiger partial charge in [-0.05, 0) is 12.8 Å².